The van der Waals surface area contributed by atoms with Gasteiger partial charge in [0, 0.05) is 38.1 Å². The molecule has 1 aliphatic rings. The number of likely N-dealkylation sites (N-methyl/N-ethyl adjacent to an activating group) is 1. The zero-order valence-electron chi connectivity index (χ0n) is 16.5. The summed E-state index contributed by atoms with van der Waals surface area (Å²) in [6.45, 7) is 5.54. The van der Waals surface area contributed by atoms with Gasteiger partial charge in [-0.05, 0) is 23.9 Å². The molecular weight excluding hydrogens is 372 g/mol. The summed E-state index contributed by atoms with van der Waals surface area (Å²) in [5, 5.41) is 8.15. The Morgan fingerprint density at radius 2 is 1.82 bits per heavy atom. The molecule has 2 amide bonds. The van der Waals surface area contributed by atoms with E-state index in [1.807, 2.05) is 11.0 Å². The summed E-state index contributed by atoms with van der Waals surface area (Å²) in [7, 11) is 1.64. The largest absolute Gasteiger partial charge is 0.358 e. The van der Waals surface area contributed by atoms with Crippen LogP contribution in [0.1, 0.15) is 22.0 Å². The van der Waals surface area contributed by atoms with Gasteiger partial charge in [-0.1, -0.05) is 35.9 Å². The molecule has 1 fully saturated rings. The molecule has 2 N–H and O–H groups in total. The van der Waals surface area contributed by atoms with Crippen molar-refractivity contribution in [2.45, 2.75) is 13.0 Å². The lowest BCUT2D eigenvalue weighted by molar-refractivity contribution is -0.132. The standard InChI is InChI=1S/C21H28N4O2S/c1-16-5-7-17(8-6-16)21(18-4-3-13-28-18)23-14-20(27)25-11-9-24(10-12-25)15-19(26)22-2/h3-8,13,21,23H,9-12,14-15H2,1-2H3,(H,22,26)/t21-/m1/s1. The Balaban J connectivity index is 1.56. The van der Waals surface area contributed by atoms with Crippen molar-refractivity contribution in [1.82, 2.24) is 20.4 Å². The van der Waals surface area contributed by atoms with Crippen molar-refractivity contribution in [1.29, 1.82) is 0 Å². The van der Waals surface area contributed by atoms with Crippen molar-refractivity contribution in [2.24, 2.45) is 0 Å². The Bertz CT molecular complexity index is 768. The zero-order chi connectivity index (χ0) is 19.9. The molecular formula is C21H28N4O2S. The normalized spacial score (nSPS) is 16.0. The number of hydrogen-bond donors (Lipinski definition) is 2. The average molecular weight is 401 g/mol. The SMILES string of the molecule is CNC(=O)CN1CCN(C(=O)CN[C@H](c2ccc(C)cc2)c2cccs2)CC1. The number of nitrogens with one attached hydrogen (secondary N) is 2. The van der Waals surface area contributed by atoms with Gasteiger partial charge in [-0.15, -0.1) is 11.3 Å². The van der Waals surface area contributed by atoms with Gasteiger partial charge in [0.25, 0.3) is 0 Å². The number of benzene rings is 1. The predicted molar refractivity (Wildman–Crippen MR) is 112 cm³/mol. The van der Waals surface area contributed by atoms with Crippen molar-refractivity contribution in [2.75, 3.05) is 46.3 Å². The van der Waals surface area contributed by atoms with Gasteiger partial charge in [-0.3, -0.25) is 19.8 Å². The quantitative estimate of drug-likeness (QED) is 0.741. The van der Waals surface area contributed by atoms with E-state index >= 15 is 0 Å². The highest BCUT2D eigenvalue weighted by Crippen LogP contribution is 2.26. The fourth-order valence-corrected chi connectivity index (χ4v) is 4.16. The van der Waals surface area contributed by atoms with Gasteiger partial charge in [-0.2, -0.15) is 0 Å². The molecule has 0 saturated carbocycles. The number of hydrogen-bond acceptors (Lipinski definition) is 5. The Morgan fingerprint density at radius 1 is 1.11 bits per heavy atom. The van der Waals surface area contributed by atoms with Gasteiger partial charge in [0.05, 0.1) is 19.1 Å². The first-order valence-electron chi connectivity index (χ1n) is 9.61. The number of amides is 2. The maximum atomic E-state index is 12.7. The van der Waals surface area contributed by atoms with Crippen molar-refractivity contribution in [3.05, 3.63) is 57.8 Å². The number of aryl methyl sites for hydroxylation is 1. The van der Waals surface area contributed by atoms with Crippen LogP contribution in [0.15, 0.2) is 41.8 Å². The molecule has 0 spiro atoms. The number of carbonyl (C=O) groups excluding carboxylic acids is 2. The van der Waals surface area contributed by atoms with Crippen molar-refractivity contribution < 1.29 is 9.59 Å². The summed E-state index contributed by atoms with van der Waals surface area (Å²) >= 11 is 1.69. The van der Waals surface area contributed by atoms with E-state index in [1.54, 1.807) is 18.4 Å². The molecule has 28 heavy (non-hydrogen) atoms. The smallest absolute Gasteiger partial charge is 0.236 e. The van der Waals surface area contributed by atoms with Crippen molar-refractivity contribution in [3.63, 3.8) is 0 Å². The molecule has 1 aromatic carbocycles. The van der Waals surface area contributed by atoms with E-state index in [0.717, 1.165) is 18.7 Å². The van der Waals surface area contributed by atoms with E-state index in [4.69, 9.17) is 0 Å². The first-order chi connectivity index (χ1) is 13.6. The first-order valence-corrected chi connectivity index (χ1v) is 10.5. The number of carbonyl (C=O) groups is 2. The molecule has 1 atom stereocenters. The average Bonchev–Trinajstić information content (AvgIpc) is 3.24. The van der Waals surface area contributed by atoms with Gasteiger partial charge in [0.1, 0.15) is 0 Å². The molecule has 7 heteroatoms. The number of piperazine rings is 1. The molecule has 3 rings (SSSR count). The highest BCUT2D eigenvalue weighted by molar-refractivity contribution is 7.10. The lowest BCUT2D eigenvalue weighted by Gasteiger charge is -2.34. The summed E-state index contributed by atoms with van der Waals surface area (Å²) in [5.41, 5.74) is 2.38. The third-order valence-electron chi connectivity index (χ3n) is 5.07. The van der Waals surface area contributed by atoms with Crippen LogP contribution in [0.4, 0.5) is 0 Å². The Kier molecular flexibility index (Phi) is 7.19. The Hall–Kier alpha value is -2.22. The lowest BCUT2D eigenvalue weighted by atomic mass is 10.0. The number of rotatable bonds is 7. The second-order valence-corrected chi connectivity index (χ2v) is 8.05. The molecule has 1 aliphatic heterocycles. The second kappa shape index (κ2) is 9.82. The molecule has 6 nitrogen and oxygen atoms in total. The van der Waals surface area contributed by atoms with E-state index in [-0.39, 0.29) is 17.9 Å². The molecule has 1 aromatic heterocycles. The monoisotopic (exact) mass is 400 g/mol. The fraction of sp³-hybridized carbons (Fsp3) is 0.429. The number of nitrogens with zero attached hydrogens (tertiary/aromatic N) is 2. The highest BCUT2D eigenvalue weighted by Gasteiger charge is 2.23. The molecule has 0 bridgehead atoms. The fourth-order valence-electron chi connectivity index (χ4n) is 3.34. The van der Waals surface area contributed by atoms with Crippen LogP contribution < -0.4 is 10.6 Å². The van der Waals surface area contributed by atoms with Gasteiger partial charge in [-0.25, -0.2) is 0 Å². The molecule has 2 aromatic rings. The summed E-state index contributed by atoms with van der Waals surface area (Å²) in [6.07, 6.45) is 0. The Labute approximate surface area is 170 Å². The molecule has 1 saturated heterocycles. The highest BCUT2D eigenvalue weighted by atomic mass is 32.1. The third-order valence-corrected chi connectivity index (χ3v) is 6.00. The van der Waals surface area contributed by atoms with Crippen LogP contribution in [0.5, 0.6) is 0 Å². The van der Waals surface area contributed by atoms with E-state index < -0.39 is 0 Å². The van der Waals surface area contributed by atoms with Gasteiger partial charge in [0.15, 0.2) is 0 Å². The summed E-state index contributed by atoms with van der Waals surface area (Å²) in [5.74, 6) is 0.117. The van der Waals surface area contributed by atoms with E-state index in [2.05, 4.69) is 58.2 Å². The van der Waals surface area contributed by atoms with Gasteiger partial charge < -0.3 is 10.2 Å². The Morgan fingerprint density at radius 3 is 2.43 bits per heavy atom. The van der Waals surface area contributed by atoms with Crippen LogP contribution in [0.2, 0.25) is 0 Å². The van der Waals surface area contributed by atoms with Crippen LogP contribution in [0.3, 0.4) is 0 Å². The zero-order valence-corrected chi connectivity index (χ0v) is 17.3. The molecule has 0 aliphatic carbocycles. The lowest BCUT2D eigenvalue weighted by Crippen LogP contribution is -2.52. The second-order valence-electron chi connectivity index (χ2n) is 7.07. The van der Waals surface area contributed by atoms with Crippen LogP contribution in [0, 0.1) is 6.92 Å². The van der Waals surface area contributed by atoms with Crippen LogP contribution >= 0.6 is 11.3 Å². The van der Waals surface area contributed by atoms with Gasteiger partial charge in [0.2, 0.25) is 11.8 Å². The molecule has 0 radical (unpaired) electrons. The predicted octanol–water partition coefficient (Wildman–Crippen LogP) is 1.63. The van der Waals surface area contributed by atoms with E-state index in [1.165, 1.54) is 10.4 Å². The van der Waals surface area contributed by atoms with Crippen molar-refractivity contribution in [3.8, 4) is 0 Å². The molecule has 0 unspecified atom stereocenters. The summed E-state index contributed by atoms with van der Waals surface area (Å²) < 4.78 is 0. The van der Waals surface area contributed by atoms with Crippen LogP contribution in [0.25, 0.3) is 0 Å². The summed E-state index contributed by atoms with van der Waals surface area (Å²) in [4.78, 5) is 29.4. The topological polar surface area (TPSA) is 64.7 Å². The van der Waals surface area contributed by atoms with E-state index in [0.29, 0.717) is 26.2 Å². The molecule has 2 heterocycles. The van der Waals surface area contributed by atoms with E-state index in [9.17, 15) is 9.59 Å². The van der Waals surface area contributed by atoms with Crippen LogP contribution in [-0.4, -0.2) is 67.9 Å². The minimum atomic E-state index is 0.0123. The van der Waals surface area contributed by atoms with Gasteiger partial charge >= 0.3 is 0 Å². The minimum Gasteiger partial charge on any atom is -0.358 e. The first kappa shape index (κ1) is 20.5. The van der Waals surface area contributed by atoms with Crippen LogP contribution in [-0.2, 0) is 9.59 Å². The minimum absolute atomic E-state index is 0.0123. The third kappa shape index (κ3) is 5.41. The maximum absolute atomic E-state index is 12.7. The van der Waals surface area contributed by atoms with Crippen molar-refractivity contribution >= 4 is 23.2 Å². The molecule has 150 valence electrons. The number of thiophene rings is 1. The summed E-state index contributed by atoms with van der Waals surface area (Å²) in [6, 6.07) is 12.6. The maximum Gasteiger partial charge on any atom is 0.236 e.